The third-order valence-electron chi connectivity index (χ3n) is 3.55. The maximum atomic E-state index is 6.27. The molecular formula is C18H19N3O. The molecule has 2 aromatic heterocycles. The highest BCUT2D eigenvalue weighted by Gasteiger charge is 2.15. The van der Waals surface area contributed by atoms with E-state index in [0.717, 1.165) is 35.3 Å². The summed E-state index contributed by atoms with van der Waals surface area (Å²) in [5.41, 5.74) is 1.88. The van der Waals surface area contributed by atoms with Gasteiger partial charge in [-0.1, -0.05) is 12.1 Å². The van der Waals surface area contributed by atoms with Gasteiger partial charge in [-0.3, -0.25) is 9.97 Å². The topological polar surface area (TPSA) is 47.0 Å². The highest BCUT2D eigenvalue weighted by Crippen LogP contribution is 2.29. The minimum absolute atomic E-state index is 0.0838. The van der Waals surface area contributed by atoms with E-state index >= 15 is 0 Å². The van der Waals surface area contributed by atoms with Crippen molar-refractivity contribution in [3.8, 4) is 5.75 Å². The smallest absolute Gasteiger partial charge is 0.142 e. The van der Waals surface area contributed by atoms with Crippen molar-refractivity contribution < 1.29 is 4.74 Å². The molecule has 0 saturated carbocycles. The van der Waals surface area contributed by atoms with E-state index in [1.807, 2.05) is 55.6 Å². The third kappa shape index (κ3) is 3.23. The normalized spacial score (nSPS) is 12.2. The molecule has 0 saturated heterocycles. The van der Waals surface area contributed by atoms with E-state index in [1.54, 1.807) is 12.4 Å². The summed E-state index contributed by atoms with van der Waals surface area (Å²) >= 11 is 0. The van der Waals surface area contributed by atoms with Gasteiger partial charge in [0.15, 0.2) is 0 Å². The van der Waals surface area contributed by atoms with Gasteiger partial charge in [-0.15, -0.1) is 0 Å². The van der Waals surface area contributed by atoms with E-state index in [2.05, 4.69) is 15.3 Å². The SMILES string of the molecule is CNCCC(Oc1cccc2ncccc12)c1ccccn1. The van der Waals surface area contributed by atoms with Crippen molar-refractivity contribution in [2.75, 3.05) is 13.6 Å². The molecule has 4 heteroatoms. The summed E-state index contributed by atoms with van der Waals surface area (Å²) in [7, 11) is 1.94. The first-order chi connectivity index (χ1) is 10.9. The van der Waals surface area contributed by atoms with Crippen LogP contribution < -0.4 is 10.1 Å². The average Bonchev–Trinajstić information content (AvgIpc) is 2.59. The van der Waals surface area contributed by atoms with Crippen molar-refractivity contribution in [3.05, 3.63) is 66.6 Å². The molecule has 112 valence electrons. The van der Waals surface area contributed by atoms with Gasteiger partial charge >= 0.3 is 0 Å². The molecule has 0 amide bonds. The van der Waals surface area contributed by atoms with Gasteiger partial charge in [-0.2, -0.15) is 0 Å². The van der Waals surface area contributed by atoms with Crippen molar-refractivity contribution in [1.29, 1.82) is 0 Å². The van der Waals surface area contributed by atoms with Crippen molar-refractivity contribution in [2.45, 2.75) is 12.5 Å². The van der Waals surface area contributed by atoms with Crippen LogP contribution >= 0.6 is 0 Å². The summed E-state index contributed by atoms with van der Waals surface area (Å²) in [6.07, 6.45) is 4.36. The first-order valence-electron chi connectivity index (χ1n) is 7.44. The first kappa shape index (κ1) is 14.5. The number of hydrogen-bond acceptors (Lipinski definition) is 4. The second kappa shape index (κ2) is 7.00. The summed E-state index contributed by atoms with van der Waals surface area (Å²) in [5.74, 6) is 0.845. The molecule has 3 rings (SSSR count). The minimum atomic E-state index is -0.0838. The molecule has 0 bridgehead atoms. The quantitative estimate of drug-likeness (QED) is 0.757. The molecule has 1 atom stereocenters. The van der Waals surface area contributed by atoms with Crippen LogP contribution in [0.5, 0.6) is 5.75 Å². The number of benzene rings is 1. The fourth-order valence-corrected chi connectivity index (χ4v) is 2.44. The van der Waals surface area contributed by atoms with Gasteiger partial charge < -0.3 is 10.1 Å². The Morgan fingerprint density at radius 3 is 2.73 bits per heavy atom. The Morgan fingerprint density at radius 1 is 1.00 bits per heavy atom. The van der Waals surface area contributed by atoms with Gasteiger partial charge in [0.1, 0.15) is 11.9 Å². The molecule has 4 nitrogen and oxygen atoms in total. The fraction of sp³-hybridized carbons (Fsp3) is 0.222. The van der Waals surface area contributed by atoms with Crippen LogP contribution in [0.3, 0.4) is 0 Å². The molecule has 2 heterocycles. The van der Waals surface area contributed by atoms with Crippen molar-refractivity contribution in [3.63, 3.8) is 0 Å². The summed E-state index contributed by atoms with van der Waals surface area (Å²) in [5, 5.41) is 4.19. The van der Waals surface area contributed by atoms with E-state index in [4.69, 9.17) is 4.74 Å². The molecule has 0 spiro atoms. The van der Waals surface area contributed by atoms with Gasteiger partial charge in [0, 0.05) is 24.2 Å². The lowest BCUT2D eigenvalue weighted by Crippen LogP contribution is -2.17. The predicted molar refractivity (Wildman–Crippen MR) is 87.9 cm³/mol. The molecule has 22 heavy (non-hydrogen) atoms. The second-order valence-electron chi connectivity index (χ2n) is 5.08. The fourth-order valence-electron chi connectivity index (χ4n) is 2.44. The lowest BCUT2D eigenvalue weighted by Gasteiger charge is -2.19. The second-order valence-corrected chi connectivity index (χ2v) is 5.08. The molecular weight excluding hydrogens is 274 g/mol. The van der Waals surface area contributed by atoms with Crippen LogP contribution in [0, 0.1) is 0 Å². The molecule has 1 aromatic carbocycles. The molecule has 0 aliphatic rings. The molecule has 1 unspecified atom stereocenters. The monoisotopic (exact) mass is 293 g/mol. The summed E-state index contributed by atoms with van der Waals surface area (Å²) in [6.45, 7) is 0.865. The van der Waals surface area contributed by atoms with Crippen LogP contribution in [0.4, 0.5) is 0 Å². The number of pyridine rings is 2. The highest BCUT2D eigenvalue weighted by molar-refractivity contribution is 5.84. The van der Waals surface area contributed by atoms with E-state index in [0.29, 0.717) is 0 Å². The zero-order valence-corrected chi connectivity index (χ0v) is 12.6. The van der Waals surface area contributed by atoms with Crippen molar-refractivity contribution in [1.82, 2.24) is 15.3 Å². The first-order valence-corrected chi connectivity index (χ1v) is 7.44. The van der Waals surface area contributed by atoms with E-state index in [9.17, 15) is 0 Å². The van der Waals surface area contributed by atoms with Crippen LogP contribution in [0.2, 0.25) is 0 Å². The highest BCUT2D eigenvalue weighted by atomic mass is 16.5. The lowest BCUT2D eigenvalue weighted by molar-refractivity contribution is 0.193. The van der Waals surface area contributed by atoms with E-state index in [1.165, 1.54) is 0 Å². The van der Waals surface area contributed by atoms with Gasteiger partial charge in [0.25, 0.3) is 0 Å². The van der Waals surface area contributed by atoms with Gasteiger partial charge in [-0.05, 0) is 50.0 Å². The van der Waals surface area contributed by atoms with Crippen LogP contribution in [0.1, 0.15) is 18.2 Å². The number of hydrogen-bond donors (Lipinski definition) is 1. The number of rotatable bonds is 6. The van der Waals surface area contributed by atoms with E-state index in [-0.39, 0.29) is 6.10 Å². The van der Waals surface area contributed by atoms with Crippen LogP contribution in [0.15, 0.2) is 60.9 Å². The maximum absolute atomic E-state index is 6.27. The van der Waals surface area contributed by atoms with Crippen LogP contribution in [-0.4, -0.2) is 23.6 Å². The maximum Gasteiger partial charge on any atom is 0.142 e. The van der Waals surface area contributed by atoms with Crippen LogP contribution in [-0.2, 0) is 0 Å². The largest absolute Gasteiger partial charge is 0.483 e. The van der Waals surface area contributed by atoms with Gasteiger partial charge in [-0.25, -0.2) is 0 Å². The zero-order valence-electron chi connectivity index (χ0n) is 12.6. The molecule has 0 aliphatic heterocycles. The van der Waals surface area contributed by atoms with E-state index < -0.39 is 0 Å². The number of ether oxygens (including phenoxy) is 1. The van der Waals surface area contributed by atoms with Crippen molar-refractivity contribution in [2.24, 2.45) is 0 Å². The summed E-state index contributed by atoms with van der Waals surface area (Å²) < 4.78 is 6.27. The summed E-state index contributed by atoms with van der Waals surface area (Å²) in [6, 6.07) is 15.8. The van der Waals surface area contributed by atoms with Crippen molar-refractivity contribution >= 4 is 10.9 Å². The number of aromatic nitrogens is 2. The molecule has 0 aliphatic carbocycles. The lowest BCUT2D eigenvalue weighted by atomic mass is 10.1. The Balaban J connectivity index is 1.92. The molecule has 1 N–H and O–H groups in total. The predicted octanol–water partition coefficient (Wildman–Crippen LogP) is 3.36. The summed E-state index contributed by atoms with van der Waals surface area (Å²) in [4.78, 5) is 8.82. The Bertz CT molecular complexity index is 725. The zero-order chi connectivity index (χ0) is 15.2. The third-order valence-corrected chi connectivity index (χ3v) is 3.55. The Kier molecular flexibility index (Phi) is 4.61. The van der Waals surface area contributed by atoms with Crippen LogP contribution in [0.25, 0.3) is 10.9 Å². The molecule has 0 radical (unpaired) electrons. The Hall–Kier alpha value is -2.46. The molecule has 3 aromatic rings. The van der Waals surface area contributed by atoms with Gasteiger partial charge in [0.05, 0.1) is 11.2 Å². The number of fused-ring (bicyclic) bond motifs is 1. The number of nitrogens with one attached hydrogen (secondary N) is 1. The molecule has 0 fully saturated rings. The number of nitrogens with zero attached hydrogens (tertiary/aromatic N) is 2. The Labute approximate surface area is 130 Å². The Morgan fingerprint density at radius 2 is 1.91 bits per heavy atom. The average molecular weight is 293 g/mol. The standard InChI is InChI=1S/C18H19N3O/c1-19-13-10-18(16-7-2-3-11-21-16)22-17-9-4-8-15-14(17)6-5-12-20-15/h2-9,11-12,18-19H,10,13H2,1H3. The minimum Gasteiger partial charge on any atom is -0.483 e. The van der Waals surface area contributed by atoms with Gasteiger partial charge in [0.2, 0.25) is 0 Å².